The van der Waals surface area contributed by atoms with E-state index in [4.69, 9.17) is 5.73 Å². The smallest absolute Gasteiger partial charge is 0.0897 e. The molecule has 12 heavy (non-hydrogen) atoms. The lowest BCUT2D eigenvalue weighted by Crippen LogP contribution is -2.22. The van der Waals surface area contributed by atoms with Gasteiger partial charge in [-0.3, -0.25) is 0 Å². The van der Waals surface area contributed by atoms with E-state index >= 15 is 0 Å². The van der Waals surface area contributed by atoms with Crippen LogP contribution >= 0.6 is 11.3 Å². The van der Waals surface area contributed by atoms with Crippen LogP contribution in [-0.2, 0) is 6.42 Å². The van der Waals surface area contributed by atoms with Gasteiger partial charge in [-0.2, -0.15) is 0 Å². The highest BCUT2D eigenvalue weighted by molar-refractivity contribution is 7.09. The third-order valence-electron chi connectivity index (χ3n) is 2.44. The van der Waals surface area contributed by atoms with Crippen molar-refractivity contribution < 1.29 is 0 Å². The number of thiazole rings is 1. The third kappa shape index (κ3) is 1.84. The molecule has 66 valence electrons. The molecule has 1 aromatic rings. The summed E-state index contributed by atoms with van der Waals surface area (Å²) in [6.45, 7) is 2.05. The van der Waals surface area contributed by atoms with Crippen LogP contribution in [0.15, 0.2) is 5.38 Å². The van der Waals surface area contributed by atoms with Crippen molar-refractivity contribution in [3.63, 3.8) is 0 Å². The molecule has 0 radical (unpaired) electrons. The molecule has 1 aliphatic rings. The average Bonchev–Trinajstić information content (AvgIpc) is 2.60. The van der Waals surface area contributed by atoms with Crippen LogP contribution in [-0.4, -0.2) is 10.5 Å². The van der Waals surface area contributed by atoms with Crippen LogP contribution in [0.25, 0.3) is 0 Å². The highest BCUT2D eigenvalue weighted by atomic mass is 32.1. The van der Waals surface area contributed by atoms with Crippen LogP contribution in [0.2, 0.25) is 0 Å². The number of nitrogens with zero attached hydrogens (tertiary/aromatic N) is 1. The highest BCUT2D eigenvalue weighted by Gasteiger charge is 2.37. The number of rotatable bonds is 3. The van der Waals surface area contributed by atoms with Gasteiger partial charge in [-0.25, -0.2) is 4.98 Å². The molecule has 0 saturated heterocycles. The quantitative estimate of drug-likeness (QED) is 0.775. The van der Waals surface area contributed by atoms with E-state index in [0.29, 0.717) is 0 Å². The van der Waals surface area contributed by atoms with E-state index in [9.17, 15) is 0 Å². The topological polar surface area (TPSA) is 38.9 Å². The fraction of sp³-hybridized carbons (Fsp3) is 0.667. The normalized spacial score (nSPS) is 19.5. The van der Waals surface area contributed by atoms with E-state index < -0.39 is 0 Å². The van der Waals surface area contributed by atoms with E-state index in [2.05, 4.69) is 10.4 Å². The predicted octanol–water partition coefficient (Wildman–Crippen LogP) is 1.88. The van der Waals surface area contributed by atoms with Gasteiger partial charge in [-0.05, 0) is 32.6 Å². The minimum atomic E-state index is 0.178. The maximum Gasteiger partial charge on any atom is 0.0897 e. The van der Waals surface area contributed by atoms with Gasteiger partial charge in [0.2, 0.25) is 0 Å². The van der Waals surface area contributed by atoms with Gasteiger partial charge in [0.15, 0.2) is 0 Å². The van der Waals surface area contributed by atoms with Crippen molar-refractivity contribution >= 4 is 11.3 Å². The lowest BCUT2D eigenvalue weighted by atomic mass is 10.1. The summed E-state index contributed by atoms with van der Waals surface area (Å²) in [4.78, 5) is 4.40. The Labute approximate surface area is 76.8 Å². The van der Waals surface area contributed by atoms with Gasteiger partial charge in [-0.1, -0.05) is 0 Å². The second-order valence-electron chi connectivity index (χ2n) is 3.72. The molecule has 1 aliphatic carbocycles. The number of hydrogen-bond donors (Lipinski definition) is 1. The fourth-order valence-electron chi connectivity index (χ4n) is 1.31. The largest absolute Gasteiger partial charge is 0.325 e. The Morgan fingerprint density at radius 1 is 1.67 bits per heavy atom. The van der Waals surface area contributed by atoms with Gasteiger partial charge in [0.1, 0.15) is 0 Å². The van der Waals surface area contributed by atoms with E-state index in [1.165, 1.54) is 18.5 Å². The molecular formula is C9H14N2S. The van der Waals surface area contributed by atoms with Crippen LogP contribution in [0.5, 0.6) is 0 Å². The Balaban J connectivity index is 1.87. The summed E-state index contributed by atoms with van der Waals surface area (Å²) in [6, 6.07) is 0. The first-order chi connectivity index (χ1) is 5.68. The molecule has 0 aromatic carbocycles. The lowest BCUT2D eigenvalue weighted by Gasteiger charge is -2.04. The summed E-state index contributed by atoms with van der Waals surface area (Å²) < 4.78 is 0. The van der Waals surface area contributed by atoms with Gasteiger partial charge < -0.3 is 5.73 Å². The van der Waals surface area contributed by atoms with Crippen molar-refractivity contribution in [2.24, 2.45) is 5.73 Å². The van der Waals surface area contributed by atoms with Crippen molar-refractivity contribution in [1.29, 1.82) is 0 Å². The molecule has 0 atom stereocenters. The zero-order valence-corrected chi connectivity index (χ0v) is 8.16. The molecule has 3 heteroatoms. The molecular weight excluding hydrogens is 168 g/mol. The van der Waals surface area contributed by atoms with Crippen LogP contribution in [0.3, 0.4) is 0 Å². The second kappa shape index (κ2) is 2.82. The lowest BCUT2D eigenvalue weighted by molar-refractivity contribution is 0.604. The van der Waals surface area contributed by atoms with E-state index in [1.54, 1.807) is 11.3 Å². The maximum atomic E-state index is 5.98. The predicted molar refractivity (Wildman–Crippen MR) is 51.3 cm³/mol. The molecule has 1 heterocycles. The highest BCUT2D eigenvalue weighted by Crippen LogP contribution is 2.36. The number of hydrogen-bond acceptors (Lipinski definition) is 3. The first-order valence-corrected chi connectivity index (χ1v) is 5.26. The maximum absolute atomic E-state index is 5.98. The number of aromatic nitrogens is 1. The molecule has 0 spiro atoms. The minimum absolute atomic E-state index is 0.178. The fourth-order valence-corrected chi connectivity index (χ4v) is 1.96. The monoisotopic (exact) mass is 182 g/mol. The third-order valence-corrected chi connectivity index (χ3v) is 3.26. The van der Waals surface area contributed by atoms with E-state index in [0.717, 1.165) is 17.8 Å². The molecule has 2 nitrogen and oxygen atoms in total. The van der Waals surface area contributed by atoms with E-state index in [1.807, 2.05) is 6.92 Å². The Kier molecular flexibility index (Phi) is 1.93. The zero-order valence-electron chi connectivity index (χ0n) is 7.34. The van der Waals surface area contributed by atoms with Gasteiger partial charge in [0.25, 0.3) is 0 Å². The molecule has 0 aliphatic heterocycles. The summed E-state index contributed by atoms with van der Waals surface area (Å²) in [5.74, 6) is 0. The Bertz CT molecular complexity index is 276. The van der Waals surface area contributed by atoms with Crippen molar-refractivity contribution in [1.82, 2.24) is 4.98 Å². The van der Waals surface area contributed by atoms with Crippen molar-refractivity contribution in [2.45, 2.75) is 38.1 Å². The first kappa shape index (κ1) is 8.20. The molecule has 0 bridgehead atoms. The van der Waals surface area contributed by atoms with Crippen molar-refractivity contribution in [2.75, 3.05) is 0 Å². The standard InChI is InChI=1S/C9H14N2S/c1-7-11-8(6-12-7)2-3-9(10)4-5-9/h6H,2-5,10H2,1H3. The molecule has 2 rings (SSSR count). The van der Waals surface area contributed by atoms with Crippen LogP contribution in [0.1, 0.15) is 30.0 Å². The summed E-state index contributed by atoms with van der Waals surface area (Å²) in [6.07, 6.45) is 4.57. The molecule has 1 aromatic heterocycles. The number of aryl methyl sites for hydroxylation is 2. The van der Waals surface area contributed by atoms with Crippen LogP contribution in [0, 0.1) is 6.92 Å². The van der Waals surface area contributed by atoms with Crippen LogP contribution in [0.4, 0.5) is 0 Å². The molecule has 1 fully saturated rings. The Morgan fingerprint density at radius 2 is 2.42 bits per heavy atom. The molecule has 2 N–H and O–H groups in total. The summed E-state index contributed by atoms with van der Waals surface area (Å²) in [5.41, 5.74) is 7.37. The van der Waals surface area contributed by atoms with Gasteiger partial charge in [-0.15, -0.1) is 11.3 Å². The number of nitrogens with two attached hydrogens (primary N) is 1. The van der Waals surface area contributed by atoms with Crippen molar-refractivity contribution in [3.05, 3.63) is 16.1 Å². The van der Waals surface area contributed by atoms with E-state index in [-0.39, 0.29) is 5.54 Å². The summed E-state index contributed by atoms with van der Waals surface area (Å²) in [5, 5.41) is 3.30. The SMILES string of the molecule is Cc1nc(CCC2(N)CC2)cs1. The van der Waals surface area contributed by atoms with Gasteiger partial charge in [0, 0.05) is 10.9 Å². The van der Waals surface area contributed by atoms with Crippen LogP contribution < -0.4 is 5.73 Å². The Morgan fingerprint density at radius 3 is 2.92 bits per heavy atom. The summed E-state index contributed by atoms with van der Waals surface area (Å²) >= 11 is 1.72. The molecule has 1 saturated carbocycles. The zero-order chi connectivity index (χ0) is 8.60. The summed E-state index contributed by atoms with van der Waals surface area (Å²) in [7, 11) is 0. The molecule has 0 unspecified atom stereocenters. The van der Waals surface area contributed by atoms with Crippen molar-refractivity contribution in [3.8, 4) is 0 Å². The van der Waals surface area contributed by atoms with Gasteiger partial charge in [0.05, 0.1) is 10.7 Å². The van der Waals surface area contributed by atoms with Gasteiger partial charge >= 0.3 is 0 Å². The Hall–Kier alpha value is -0.410. The molecule has 0 amide bonds. The average molecular weight is 182 g/mol. The second-order valence-corrected chi connectivity index (χ2v) is 4.78. The first-order valence-electron chi connectivity index (χ1n) is 4.38. The minimum Gasteiger partial charge on any atom is -0.325 e.